The Morgan fingerprint density at radius 2 is 2.09 bits per heavy atom. The molecule has 22 heavy (non-hydrogen) atoms. The molecule has 2 amide bonds. The lowest BCUT2D eigenvalue weighted by Crippen LogP contribution is -2.24. The Morgan fingerprint density at radius 3 is 2.77 bits per heavy atom. The number of imidazole rings is 1. The molecule has 0 fully saturated rings. The molecule has 6 heteroatoms. The van der Waals surface area contributed by atoms with Gasteiger partial charge in [0, 0.05) is 25.0 Å². The third-order valence-electron chi connectivity index (χ3n) is 3.23. The number of hydrogen-bond acceptors (Lipinski definition) is 3. The van der Waals surface area contributed by atoms with E-state index in [1.54, 1.807) is 13.2 Å². The normalized spacial score (nSPS) is 10.1. The van der Waals surface area contributed by atoms with Crippen molar-refractivity contribution in [2.75, 3.05) is 12.4 Å². The van der Waals surface area contributed by atoms with Crippen LogP contribution < -0.4 is 10.6 Å². The fourth-order valence-electron chi connectivity index (χ4n) is 2.22. The highest BCUT2D eigenvalue weighted by molar-refractivity contribution is 5.91. The minimum absolute atomic E-state index is 0. The topological polar surface area (TPSA) is 82.7 Å². The van der Waals surface area contributed by atoms with Crippen LogP contribution in [0.25, 0.3) is 22.2 Å². The lowest BCUT2D eigenvalue weighted by Gasteiger charge is -2.03. The first-order valence-corrected chi connectivity index (χ1v) is 6.57. The van der Waals surface area contributed by atoms with E-state index in [2.05, 4.69) is 31.7 Å². The Hall–Kier alpha value is -2.89. The number of H-pyrrole nitrogens is 1. The number of fused-ring (bicyclic) bond motifs is 1. The second-order valence-corrected chi connectivity index (χ2v) is 4.72. The predicted octanol–water partition coefficient (Wildman–Crippen LogP) is 3.32. The van der Waals surface area contributed by atoms with E-state index in [1.165, 1.54) is 0 Å². The number of carbonyl (C=O) groups is 1. The summed E-state index contributed by atoms with van der Waals surface area (Å²) in [6, 6.07) is 7.67. The van der Waals surface area contributed by atoms with Crippen LogP contribution >= 0.6 is 0 Å². The molecule has 0 radical (unpaired) electrons. The molecule has 2 heterocycles. The van der Waals surface area contributed by atoms with Crippen molar-refractivity contribution in [3.05, 3.63) is 42.2 Å². The van der Waals surface area contributed by atoms with E-state index < -0.39 is 0 Å². The van der Waals surface area contributed by atoms with Gasteiger partial charge >= 0.3 is 6.03 Å². The number of carbonyl (C=O) groups excluding carboxylic acids is 1. The highest BCUT2D eigenvalue weighted by atomic mass is 16.2. The summed E-state index contributed by atoms with van der Waals surface area (Å²) in [6.45, 7) is 1.99. The average Bonchev–Trinajstić information content (AvgIpc) is 2.91. The molecule has 6 nitrogen and oxygen atoms in total. The average molecular weight is 297 g/mol. The molecular formula is C16H19N5O. The minimum atomic E-state index is -0.306. The number of aryl methyl sites for hydroxylation is 1. The van der Waals surface area contributed by atoms with Gasteiger partial charge in [0.25, 0.3) is 0 Å². The molecule has 0 aliphatic carbocycles. The highest BCUT2D eigenvalue weighted by Crippen LogP contribution is 2.26. The number of urea groups is 1. The van der Waals surface area contributed by atoms with E-state index >= 15 is 0 Å². The van der Waals surface area contributed by atoms with Crippen LogP contribution in [0, 0.1) is 6.92 Å². The van der Waals surface area contributed by atoms with Gasteiger partial charge in [0.05, 0.1) is 11.0 Å². The van der Waals surface area contributed by atoms with Crippen molar-refractivity contribution in [1.82, 2.24) is 20.3 Å². The van der Waals surface area contributed by atoms with Crippen LogP contribution in [0.4, 0.5) is 10.7 Å². The molecule has 1 aromatic carbocycles. The van der Waals surface area contributed by atoms with Gasteiger partial charge < -0.3 is 10.3 Å². The molecule has 0 unspecified atom stereocenters. The Balaban J connectivity index is 0.00000176. The molecule has 114 valence electrons. The van der Waals surface area contributed by atoms with Gasteiger partial charge in [-0.2, -0.15) is 0 Å². The fraction of sp³-hybridized carbons (Fsp3) is 0.188. The van der Waals surface area contributed by atoms with Crippen molar-refractivity contribution >= 4 is 23.0 Å². The number of benzene rings is 1. The maximum Gasteiger partial charge on any atom is 0.321 e. The van der Waals surface area contributed by atoms with Crippen molar-refractivity contribution in [2.24, 2.45) is 0 Å². The molecule has 0 bridgehead atoms. The summed E-state index contributed by atoms with van der Waals surface area (Å²) >= 11 is 0. The van der Waals surface area contributed by atoms with Gasteiger partial charge in [-0.1, -0.05) is 13.5 Å². The van der Waals surface area contributed by atoms with Crippen molar-refractivity contribution in [2.45, 2.75) is 14.4 Å². The van der Waals surface area contributed by atoms with Crippen LogP contribution in [-0.2, 0) is 0 Å². The van der Waals surface area contributed by atoms with Crippen molar-refractivity contribution in [3.8, 4) is 11.1 Å². The number of amides is 2. The molecule has 0 spiro atoms. The minimum Gasteiger partial charge on any atom is -0.341 e. The number of aromatic amines is 1. The van der Waals surface area contributed by atoms with Crippen LogP contribution in [0.3, 0.4) is 0 Å². The predicted molar refractivity (Wildman–Crippen MR) is 88.9 cm³/mol. The highest BCUT2D eigenvalue weighted by Gasteiger charge is 2.09. The summed E-state index contributed by atoms with van der Waals surface area (Å²) in [5.41, 5.74) is 4.85. The van der Waals surface area contributed by atoms with Gasteiger partial charge in [0.2, 0.25) is 5.95 Å². The zero-order valence-corrected chi connectivity index (χ0v) is 11.8. The van der Waals surface area contributed by atoms with Crippen LogP contribution in [0.5, 0.6) is 0 Å². The van der Waals surface area contributed by atoms with E-state index in [0.29, 0.717) is 5.95 Å². The van der Waals surface area contributed by atoms with Crippen LogP contribution in [0.2, 0.25) is 0 Å². The first-order chi connectivity index (χ1) is 10.2. The number of anilines is 1. The zero-order chi connectivity index (χ0) is 14.8. The third kappa shape index (κ3) is 2.90. The monoisotopic (exact) mass is 297 g/mol. The maximum absolute atomic E-state index is 11.3. The molecule has 3 rings (SSSR count). The van der Waals surface area contributed by atoms with E-state index in [9.17, 15) is 4.79 Å². The molecule has 2 aromatic heterocycles. The third-order valence-corrected chi connectivity index (χ3v) is 3.23. The number of rotatable bonds is 2. The molecule has 0 aliphatic heterocycles. The van der Waals surface area contributed by atoms with Gasteiger partial charge in [-0.3, -0.25) is 10.3 Å². The molecule has 0 saturated heterocycles. The quantitative estimate of drug-likeness (QED) is 0.678. The van der Waals surface area contributed by atoms with Gasteiger partial charge in [-0.05, 0) is 36.2 Å². The summed E-state index contributed by atoms with van der Waals surface area (Å²) in [6.07, 6.45) is 3.57. The summed E-state index contributed by atoms with van der Waals surface area (Å²) in [4.78, 5) is 23.0. The summed E-state index contributed by atoms with van der Waals surface area (Å²) in [7, 11) is 1.56. The summed E-state index contributed by atoms with van der Waals surface area (Å²) in [5.74, 6) is 0.427. The molecule has 0 atom stereocenters. The Morgan fingerprint density at radius 1 is 1.27 bits per heavy atom. The molecule has 0 saturated carbocycles. The second kappa shape index (κ2) is 6.26. The first-order valence-electron chi connectivity index (χ1n) is 6.57. The van der Waals surface area contributed by atoms with E-state index in [-0.39, 0.29) is 13.5 Å². The first kappa shape index (κ1) is 15.5. The van der Waals surface area contributed by atoms with Gasteiger partial charge in [0.15, 0.2) is 0 Å². The van der Waals surface area contributed by atoms with Crippen molar-refractivity contribution in [3.63, 3.8) is 0 Å². The van der Waals surface area contributed by atoms with Gasteiger partial charge in [-0.15, -0.1) is 0 Å². The number of hydrogen-bond donors (Lipinski definition) is 3. The van der Waals surface area contributed by atoms with Gasteiger partial charge in [0.1, 0.15) is 0 Å². The standard InChI is InChI=1S/C15H15N5O.CH4/c1-9-6-11(10-4-3-5-17-8-10)7-12-13(9)19-14(18-12)20-15(21)16-2;/h3-8H,1-2H3,(H3,16,18,19,20,21);1H4. The Kier molecular flexibility index (Phi) is 4.41. The number of aromatic nitrogens is 3. The van der Waals surface area contributed by atoms with Crippen LogP contribution in [-0.4, -0.2) is 28.0 Å². The van der Waals surface area contributed by atoms with E-state index in [0.717, 1.165) is 27.7 Å². The van der Waals surface area contributed by atoms with Crippen molar-refractivity contribution in [1.29, 1.82) is 0 Å². The van der Waals surface area contributed by atoms with Crippen molar-refractivity contribution < 1.29 is 4.79 Å². The zero-order valence-electron chi connectivity index (χ0n) is 11.8. The lowest BCUT2D eigenvalue weighted by molar-refractivity contribution is 0.254. The number of nitrogens with one attached hydrogen (secondary N) is 3. The van der Waals surface area contributed by atoms with E-state index in [1.807, 2.05) is 31.3 Å². The summed E-state index contributed by atoms with van der Waals surface area (Å²) < 4.78 is 0. The smallest absolute Gasteiger partial charge is 0.321 e. The maximum atomic E-state index is 11.3. The number of pyridine rings is 1. The lowest BCUT2D eigenvalue weighted by atomic mass is 10.0. The van der Waals surface area contributed by atoms with Gasteiger partial charge in [-0.25, -0.2) is 9.78 Å². The fourth-order valence-corrected chi connectivity index (χ4v) is 2.22. The van der Waals surface area contributed by atoms with E-state index in [4.69, 9.17) is 0 Å². The Bertz CT molecular complexity index is 795. The molecule has 0 aliphatic rings. The van der Waals surface area contributed by atoms with Crippen LogP contribution in [0.1, 0.15) is 13.0 Å². The Labute approximate surface area is 129 Å². The molecule has 3 aromatic rings. The van der Waals surface area contributed by atoms with Crippen LogP contribution in [0.15, 0.2) is 36.7 Å². The SMILES string of the molecule is C.CNC(=O)Nc1nc2c(C)cc(-c3cccnc3)cc2[nH]1. The largest absolute Gasteiger partial charge is 0.341 e. The number of nitrogens with zero attached hydrogens (tertiary/aromatic N) is 2. The molecule has 3 N–H and O–H groups in total. The second-order valence-electron chi connectivity index (χ2n) is 4.72. The summed E-state index contributed by atoms with van der Waals surface area (Å²) in [5, 5.41) is 5.13. The molecular weight excluding hydrogens is 278 g/mol.